The maximum Gasteiger partial charge on any atom is 0.256 e. The smallest absolute Gasteiger partial charge is 0.256 e. The van der Waals surface area contributed by atoms with Crippen molar-refractivity contribution in [3.05, 3.63) is 51.1 Å². The predicted octanol–water partition coefficient (Wildman–Crippen LogP) is 2.92. The number of anilines is 1. The zero-order valence-corrected chi connectivity index (χ0v) is 15.6. The fourth-order valence-corrected chi connectivity index (χ4v) is 2.83. The van der Waals surface area contributed by atoms with Crippen LogP contribution in [0.15, 0.2) is 36.4 Å². The molecule has 0 aliphatic heterocycles. The van der Waals surface area contributed by atoms with E-state index in [2.05, 4.69) is 33.2 Å². The SMILES string of the molecule is CNC(=O)c1ccccc1NC(=O)c1cc(OC)c(OC)cc1I. The van der Waals surface area contributed by atoms with E-state index in [1.165, 1.54) is 21.3 Å². The molecular weight excluding hydrogens is 423 g/mol. The molecule has 126 valence electrons. The molecule has 7 heteroatoms. The summed E-state index contributed by atoms with van der Waals surface area (Å²) in [5.41, 5.74) is 1.26. The van der Waals surface area contributed by atoms with Crippen LogP contribution >= 0.6 is 22.6 Å². The number of benzene rings is 2. The Labute approximate surface area is 153 Å². The quantitative estimate of drug-likeness (QED) is 0.702. The third kappa shape index (κ3) is 3.78. The van der Waals surface area contributed by atoms with Crippen molar-refractivity contribution in [2.45, 2.75) is 0 Å². The molecule has 6 nitrogen and oxygen atoms in total. The van der Waals surface area contributed by atoms with Gasteiger partial charge in [0.15, 0.2) is 11.5 Å². The zero-order valence-electron chi connectivity index (χ0n) is 13.5. The Morgan fingerprint density at radius 1 is 0.958 bits per heavy atom. The van der Waals surface area contributed by atoms with E-state index >= 15 is 0 Å². The molecule has 0 aromatic heterocycles. The first-order valence-electron chi connectivity index (χ1n) is 7.05. The molecule has 0 bridgehead atoms. The fraction of sp³-hybridized carbons (Fsp3) is 0.176. The van der Waals surface area contributed by atoms with Crippen molar-refractivity contribution in [1.29, 1.82) is 0 Å². The highest BCUT2D eigenvalue weighted by Crippen LogP contribution is 2.31. The van der Waals surface area contributed by atoms with Crippen molar-refractivity contribution < 1.29 is 19.1 Å². The third-order valence-corrected chi connectivity index (χ3v) is 4.26. The van der Waals surface area contributed by atoms with Crippen LogP contribution in [0.25, 0.3) is 0 Å². The number of carbonyl (C=O) groups excluding carboxylic acids is 2. The Balaban J connectivity index is 2.36. The Hall–Kier alpha value is -2.29. The number of rotatable bonds is 5. The van der Waals surface area contributed by atoms with Crippen LogP contribution in [0.4, 0.5) is 5.69 Å². The van der Waals surface area contributed by atoms with Crippen LogP contribution in [0.2, 0.25) is 0 Å². The van der Waals surface area contributed by atoms with Crippen molar-refractivity contribution in [2.75, 3.05) is 26.6 Å². The minimum absolute atomic E-state index is 0.270. The normalized spacial score (nSPS) is 10.0. The molecule has 2 N–H and O–H groups in total. The van der Waals surface area contributed by atoms with Gasteiger partial charge in [0.25, 0.3) is 11.8 Å². The monoisotopic (exact) mass is 440 g/mol. The van der Waals surface area contributed by atoms with Gasteiger partial charge in [0, 0.05) is 10.6 Å². The highest BCUT2D eigenvalue weighted by molar-refractivity contribution is 14.1. The number of methoxy groups -OCH3 is 2. The summed E-state index contributed by atoms with van der Waals surface area (Å²) in [6.07, 6.45) is 0. The van der Waals surface area contributed by atoms with Gasteiger partial charge in [-0.05, 0) is 46.9 Å². The Morgan fingerprint density at radius 3 is 2.21 bits per heavy atom. The lowest BCUT2D eigenvalue weighted by Gasteiger charge is -2.13. The molecule has 0 spiro atoms. The Kier molecular flexibility index (Phi) is 6.02. The van der Waals surface area contributed by atoms with Crippen molar-refractivity contribution in [1.82, 2.24) is 5.32 Å². The van der Waals surface area contributed by atoms with Crippen LogP contribution < -0.4 is 20.1 Å². The number of amides is 2. The molecule has 0 unspecified atom stereocenters. The molecule has 0 atom stereocenters. The molecule has 0 saturated carbocycles. The molecule has 0 saturated heterocycles. The average Bonchev–Trinajstić information content (AvgIpc) is 2.61. The van der Waals surface area contributed by atoms with Gasteiger partial charge in [-0.25, -0.2) is 0 Å². The summed E-state index contributed by atoms with van der Waals surface area (Å²) in [7, 11) is 4.58. The largest absolute Gasteiger partial charge is 0.493 e. The van der Waals surface area contributed by atoms with E-state index in [0.29, 0.717) is 31.9 Å². The zero-order chi connectivity index (χ0) is 17.7. The molecule has 2 rings (SSSR count). The minimum Gasteiger partial charge on any atom is -0.493 e. The minimum atomic E-state index is -0.336. The van der Waals surface area contributed by atoms with Gasteiger partial charge < -0.3 is 20.1 Å². The molecule has 2 aromatic carbocycles. The summed E-state index contributed by atoms with van der Waals surface area (Å²) in [4.78, 5) is 24.5. The number of para-hydroxylation sites is 1. The van der Waals surface area contributed by atoms with Crippen molar-refractivity contribution in [2.24, 2.45) is 0 Å². The number of carbonyl (C=O) groups is 2. The summed E-state index contributed by atoms with van der Waals surface area (Å²) < 4.78 is 11.2. The second-order valence-corrected chi connectivity index (χ2v) is 5.93. The van der Waals surface area contributed by atoms with Crippen molar-refractivity contribution >= 4 is 40.1 Å². The van der Waals surface area contributed by atoms with Gasteiger partial charge >= 0.3 is 0 Å². The van der Waals surface area contributed by atoms with E-state index in [1.54, 1.807) is 36.4 Å². The molecular formula is C17H17IN2O4. The van der Waals surface area contributed by atoms with E-state index in [1.807, 2.05) is 0 Å². The van der Waals surface area contributed by atoms with Crippen molar-refractivity contribution in [3.8, 4) is 11.5 Å². The first-order chi connectivity index (χ1) is 11.5. The average molecular weight is 440 g/mol. The van der Waals surface area contributed by atoms with Gasteiger partial charge in [-0.1, -0.05) is 12.1 Å². The predicted molar refractivity (Wildman–Crippen MR) is 100 cm³/mol. The molecule has 2 aromatic rings. The number of ether oxygens (including phenoxy) is 2. The van der Waals surface area contributed by atoms with E-state index in [4.69, 9.17) is 9.47 Å². The fourth-order valence-electron chi connectivity index (χ4n) is 2.14. The highest BCUT2D eigenvalue weighted by Gasteiger charge is 2.18. The lowest BCUT2D eigenvalue weighted by atomic mass is 10.1. The molecule has 0 heterocycles. The summed E-state index contributed by atoms with van der Waals surface area (Å²) >= 11 is 2.05. The van der Waals surface area contributed by atoms with Gasteiger partial charge in [0.05, 0.1) is 31.0 Å². The van der Waals surface area contributed by atoms with Crippen LogP contribution in [0.5, 0.6) is 11.5 Å². The van der Waals surface area contributed by atoms with Crippen LogP contribution in [-0.2, 0) is 0 Å². The lowest BCUT2D eigenvalue weighted by Crippen LogP contribution is -2.21. The molecule has 0 aliphatic rings. The van der Waals surface area contributed by atoms with Gasteiger partial charge in [-0.3, -0.25) is 9.59 Å². The lowest BCUT2D eigenvalue weighted by molar-refractivity contribution is 0.0964. The molecule has 0 fully saturated rings. The maximum atomic E-state index is 12.6. The molecule has 0 radical (unpaired) electrons. The summed E-state index contributed by atoms with van der Waals surface area (Å²) in [5, 5.41) is 5.32. The van der Waals surface area contributed by atoms with Crippen LogP contribution in [0.1, 0.15) is 20.7 Å². The molecule has 24 heavy (non-hydrogen) atoms. The van der Waals surface area contributed by atoms with E-state index in [9.17, 15) is 9.59 Å². The van der Waals surface area contributed by atoms with E-state index in [-0.39, 0.29) is 11.8 Å². The van der Waals surface area contributed by atoms with Crippen LogP contribution in [-0.4, -0.2) is 33.1 Å². The van der Waals surface area contributed by atoms with Gasteiger partial charge in [-0.2, -0.15) is 0 Å². The second kappa shape index (κ2) is 8.00. The van der Waals surface area contributed by atoms with Crippen LogP contribution in [0.3, 0.4) is 0 Å². The summed E-state index contributed by atoms with van der Waals surface area (Å²) in [5.74, 6) is 0.400. The Bertz CT molecular complexity index is 777. The first kappa shape index (κ1) is 18.1. The van der Waals surface area contributed by atoms with Crippen molar-refractivity contribution in [3.63, 3.8) is 0 Å². The third-order valence-electron chi connectivity index (χ3n) is 3.36. The van der Waals surface area contributed by atoms with E-state index < -0.39 is 0 Å². The number of nitrogens with one attached hydrogen (secondary N) is 2. The number of hydrogen-bond donors (Lipinski definition) is 2. The van der Waals surface area contributed by atoms with Gasteiger partial charge in [0.2, 0.25) is 0 Å². The molecule has 2 amide bonds. The van der Waals surface area contributed by atoms with Gasteiger partial charge in [-0.15, -0.1) is 0 Å². The topological polar surface area (TPSA) is 76.7 Å². The van der Waals surface area contributed by atoms with Gasteiger partial charge in [0.1, 0.15) is 0 Å². The standard InChI is InChI=1S/C17H17IN2O4/c1-19-16(21)10-6-4-5-7-13(10)20-17(22)11-8-14(23-2)15(24-3)9-12(11)18/h4-9H,1-3H3,(H,19,21)(H,20,22). The maximum absolute atomic E-state index is 12.6. The number of hydrogen-bond acceptors (Lipinski definition) is 4. The van der Waals surface area contributed by atoms with E-state index in [0.717, 1.165) is 0 Å². The molecule has 0 aliphatic carbocycles. The Morgan fingerprint density at radius 2 is 1.58 bits per heavy atom. The first-order valence-corrected chi connectivity index (χ1v) is 8.13. The number of halogens is 1. The summed E-state index contributed by atoms with van der Waals surface area (Å²) in [6.45, 7) is 0. The second-order valence-electron chi connectivity index (χ2n) is 4.77. The summed E-state index contributed by atoms with van der Waals surface area (Å²) in [6, 6.07) is 10.1. The van der Waals surface area contributed by atoms with Crippen LogP contribution in [0, 0.1) is 3.57 Å². The highest BCUT2D eigenvalue weighted by atomic mass is 127.